The van der Waals surface area contributed by atoms with Crippen molar-refractivity contribution in [2.75, 3.05) is 59.7 Å². The van der Waals surface area contributed by atoms with E-state index in [1.165, 1.54) is 6.07 Å². The fourth-order valence-corrected chi connectivity index (χ4v) is 3.61. The average molecular weight is 569 g/mol. The summed E-state index contributed by atoms with van der Waals surface area (Å²) in [4.78, 5) is 9.39. The van der Waals surface area contributed by atoms with E-state index in [0.717, 1.165) is 39.3 Å². The maximum atomic E-state index is 12.8. The van der Waals surface area contributed by atoms with Crippen LogP contribution >= 0.6 is 24.0 Å². The van der Waals surface area contributed by atoms with E-state index < -0.39 is 6.61 Å². The topological polar surface area (TPSA) is 70.6 Å². The van der Waals surface area contributed by atoms with E-state index in [0.29, 0.717) is 35.5 Å². The zero-order valence-corrected chi connectivity index (χ0v) is 21.2. The van der Waals surface area contributed by atoms with Gasteiger partial charge < -0.3 is 34.6 Å². The molecule has 0 bridgehead atoms. The minimum Gasteiger partial charge on any atom is -0.454 e. The van der Waals surface area contributed by atoms with Crippen molar-refractivity contribution in [1.82, 2.24) is 20.4 Å². The third-order valence-corrected chi connectivity index (χ3v) is 5.31. The highest BCUT2D eigenvalue weighted by Crippen LogP contribution is 2.39. The summed E-state index contributed by atoms with van der Waals surface area (Å²) >= 11 is 0. The van der Waals surface area contributed by atoms with Gasteiger partial charge in [-0.15, -0.1) is 24.0 Å². The fraction of sp³-hybridized carbons (Fsp3) is 0.667. The number of piperazine rings is 1. The van der Waals surface area contributed by atoms with Crippen LogP contribution in [0.3, 0.4) is 0 Å². The Morgan fingerprint density at radius 1 is 1.16 bits per heavy atom. The molecule has 8 nitrogen and oxygen atoms in total. The molecule has 0 radical (unpaired) electrons. The monoisotopic (exact) mass is 569 g/mol. The number of hydrogen-bond donors (Lipinski definition) is 2. The van der Waals surface area contributed by atoms with Crippen molar-refractivity contribution in [3.8, 4) is 17.2 Å². The van der Waals surface area contributed by atoms with Crippen LogP contribution in [-0.4, -0.2) is 82.0 Å². The number of fused-ring (bicyclic) bond motifs is 1. The molecule has 1 atom stereocenters. The highest BCUT2D eigenvalue weighted by atomic mass is 127. The number of halogens is 3. The first-order chi connectivity index (χ1) is 14.9. The predicted molar refractivity (Wildman–Crippen MR) is 131 cm³/mol. The number of hydrogen-bond acceptors (Lipinski definition) is 6. The normalized spacial score (nSPS) is 17.8. The zero-order valence-electron chi connectivity index (χ0n) is 18.9. The van der Waals surface area contributed by atoms with Crippen LogP contribution in [0.5, 0.6) is 17.2 Å². The Kier molecular flexibility index (Phi) is 11.0. The number of guanidine groups is 1. The molecule has 2 aliphatic rings. The third-order valence-electron chi connectivity index (χ3n) is 5.31. The summed E-state index contributed by atoms with van der Waals surface area (Å²) < 4.78 is 41.0. The molecule has 1 fully saturated rings. The molecular weight excluding hydrogens is 535 g/mol. The molecule has 32 heavy (non-hydrogen) atoms. The molecule has 0 aromatic heterocycles. The summed E-state index contributed by atoms with van der Waals surface area (Å²) in [5.74, 6) is 2.02. The molecule has 0 aliphatic carbocycles. The van der Waals surface area contributed by atoms with Gasteiger partial charge in [0.1, 0.15) is 5.75 Å². The van der Waals surface area contributed by atoms with E-state index in [9.17, 15) is 8.78 Å². The average Bonchev–Trinajstić information content (AvgIpc) is 3.18. The first kappa shape index (κ1) is 26.7. The molecule has 1 aromatic rings. The molecule has 11 heteroatoms. The third kappa shape index (κ3) is 8.07. The molecule has 1 saturated heterocycles. The number of aliphatic imine (C=N–C) groups is 1. The van der Waals surface area contributed by atoms with E-state index in [-0.39, 0.29) is 43.1 Å². The quantitative estimate of drug-likeness (QED) is 0.269. The van der Waals surface area contributed by atoms with Crippen molar-refractivity contribution >= 4 is 29.9 Å². The lowest BCUT2D eigenvalue weighted by molar-refractivity contribution is -0.0505. The minimum atomic E-state index is -2.93. The van der Waals surface area contributed by atoms with Crippen LogP contribution in [0.25, 0.3) is 0 Å². The van der Waals surface area contributed by atoms with Gasteiger partial charge in [-0.3, -0.25) is 0 Å². The molecule has 182 valence electrons. The van der Waals surface area contributed by atoms with Crippen LogP contribution in [0.15, 0.2) is 17.1 Å². The van der Waals surface area contributed by atoms with Crippen molar-refractivity contribution in [3.63, 3.8) is 0 Å². The number of nitrogens with zero attached hydrogens (tertiary/aromatic N) is 3. The van der Waals surface area contributed by atoms with Gasteiger partial charge in [-0.25, -0.2) is 4.99 Å². The molecular formula is C21H34F2IN5O3. The largest absolute Gasteiger partial charge is 0.454 e. The van der Waals surface area contributed by atoms with Crippen molar-refractivity contribution < 1.29 is 23.0 Å². The summed E-state index contributed by atoms with van der Waals surface area (Å²) in [6, 6.07) is 3.07. The van der Waals surface area contributed by atoms with Crippen LogP contribution in [0, 0.1) is 5.92 Å². The second-order valence-corrected chi connectivity index (χ2v) is 7.98. The smallest absolute Gasteiger partial charge is 0.387 e. The van der Waals surface area contributed by atoms with Gasteiger partial charge in [0, 0.05) is 57.4 Å². The Balaban J connectivity index is 0.00000363. The van der Waals surface area contributed by atoms with Gasteiger partial charge in [0.15, 0.2) is 17.5 Å². The van der Waals surface area contributed by atoms with Gasteiger partial charge in [-0.1, -0.05) is 6.92 Å². The molecule has 1 aromatic carbocycles. The highest BCUT2D eigenvalue weighted by Gasteiger charge is 2.20. The van der Waals surface area contributed by atoms with E-state index in [4.69, 9.17) is 9.47 Å². The summed E-state index contributed by atoms with van der Waals surface area (Å²) in [6.07, 6.45) is 0. The molecule has 0 saturated carbocycles. The molecule has 2 N–H and O–H groups in total. The fourth-order valence-electron chi connectivity index (χ4n) is 3.61. The molecule has 0 spiro atoms. The number of likely N-dealkylation sites (N-methyl/N-ethyl adjacent to an activating group) is 1. The lowest BCUT2D eigenvalue weighted by Crippen LogP contribution is -2.47. The van der Waals surface area contributed by atoms with Gasteiger partial charge in [-0.2, -0.15) is 8.78 Å². The first-order valence-electron chi connectivity index (χ1n) is 10.7. The minimum absolute atomic E-state index is 0. The number of alkyl halides is 2. The Labute approximate surface area is 205 Å². The molecule has 3 rings (SSSR count). The first-order valence-corrected chi connectivity index (χ1v) is 10.7. The SMILES string of the molecule is CCNC(=NCc1cc2c(cc1OC(F)F)OCO2)NCC(C)CN1CCN(C)CC1.I. The van der Waals surface area contributed by atoms with Crippen LogP contribution in [0.1, 0.15) is 19.4 Å². The second-order valence-electron chi connectivity index (χ2n) is 7.98. The van der Waals surface area contributed by atoms with E-state index in [1.54, 1.807) is 6.07 Å². The van der Waals surface area contributed by atoms with Crippen molar-refractivity contribution in [3.05, 3.63) is 17.7 Å². The number of benzene rings is 1. The van der Waals surface area contributed by atoms with Crippen molar-refractivity contribution in [2.45, 2.75) is 27.0 Å². The maximum Gasteiger partial charge on any atom is 0.387 e. The summed E-state index contributed by atoms with van der Waals surface area (Å²) in [6.45, 7) is 8.35. The van der Waals surface area contributed by atoms with Gasteiger partial charge in [0.05, 0.1) is 6.54 Å². The van der Waals surface area contributed by atoms with Crippen LogP contribution in [0.2, 0.25) is 0 Å². The summed E-state index contributed by atoms with van der Waals surface area (Å²) in [5.41, 5.74) is 0.507. The number of nitrogens with one attached hydrogen (secondary N) is 2. The number of rotatable bonds is 9. The zero-order chi connectivity index (χ0) is 22.2. The van der Waals surface area contributed by atoms with Gasteiger partial charge in [-0.05, 0) is 26.0 Å². The van der Waals surface area contributed by atoms with Crippen molar-refractivity contribution in [2.24, 2.45) is 10.9 Å². The van der Waals surface area contributed by atoms with Crippen LogP contribution in [-0.2, 0) is 6.54 Å². The Bertz CT molecular complexity index is 748. The molecule has 1 unspecified atom stereocenters. The molecule has 2 aliphatic heterocycles. The number of ether oxygens (including phenoxy) is 3. The second kappa shape index (κ2) is 13.2. The standard InChI is InChI=1S/C21H33F2N5O3.HI/c1-4-24-21(25-11-15(2)13-28-7-5-27(3)6-8-28)26-12-16-9-18-19(30-14-29-18)10-17(16)31-20(22)23;/h9-10,15,20H,4-8,11-14H2,1-3H3,(H2,24,25,26);1H. The molecule has 2 heterocycles. The maximum absolute atomic E-state index is 12.8. The van der Waals surface area contributed by atoms with Crippen molar-refractivity contribution in [1.29, 1.82) is 0 Å². The van der Waals surface area contributed by atoms with Gasteiger partial charge in [0.25, 0.3) is 0 Å². The van der Waals surface area contributed by atoms with Crippen LogP contribution < -0.4 is 24.8 Å². The predicted octanol–water partition coefficient (Wildman–Crippen LogP) is 2.57. The van der Waals surface area contributed by atoms with E-state index in [2.05, 4.69) is 44.1 Å². The van der Waals surface area contributed by atoms with Gasteiger partial charge >= 0.3 is 6.61 Å². The van der Waals surface area contributed by atoms with Gasteiger partial charge in [0.2, 0.25) is 6.79 Å². The van der Waals surface area contributed by atoms with E-state index >= 15 is 0 Å². The lowest BCUT2D eigenvalue weighted by Gasteiger charge is -2.34. The van der Waals surface area contributed by atoms with Crippen LogP contribution in [0.4, 0.5) is 8.78 Å². The lowest BCUT2D eigenvalue weighted by atomic mass is 10.1. The van der Waals surface area contributed by atoms with E-state index in [1.807, 2.05) is 6.92 Å². The molecule has 0 amide bonds. The highest BCUT2D eigenvalue weighted by molar-refractivity contribution is 14.0. The summed E-state index contributed by atoms with van der Waals surface area (Å²) in [5, 5.41) is 6.56. The Morgan fingerprint density at radius 2 is 1.84 bits per heavy atom. The Hall–Kier alpha value is -1.60. The summed E-state index contributed by atoms with van der Waals surface area (Å²) in [7, 11) is 2.15. The Morgan fingerprint density at radius 3 is 2.50 bits per heavy atom.